The summed E-state index contributed by atoms with van der Waals surface area (Å²) in [7, 11) is 2.10. The maximum absolute atomic E-state index is 13.1. The highest BCUT2D eigenvalue weighted by atomic mass is 35.5. The van der Waals surface area contributed by atoms with Crippen molar-refractivity contribution in [2.75, 3.05) is 50.1 Å². The molecule has 4 rings (SSSR count). The van der Waals surface area contributed by atoms with Gasteiger partial charge in [0, 0.05) is 36.1 Å². The Morgan fingerprint density at radius 1 is 1.32 bits per heavy atom. The number of rotatable bonds is 12. The molecule has 1 saturated heterocycles. The summed E-state index contributed by atoms with van der Waals surface area (Å²) in [5.74, 6) is 0.352. The van der Waals surface area contributed by atoms with Crippen LogP contribution in [0.3, 0.4) is 0 Å². The van der Waals surface area contributed by atoms with Crippen LogP contribution in [0, 0.1) is 0 Å². The van der Waals surface area contributed by atoms with Gasteiger partial charge < -0.3 is 19.6 Å². The molecule has 0 unspecified atom stereocenters. The maximum atomic E-state index is 13.1. The molecule has 8 nitrogen and oxygen atoms in total. The molecule has 0 aromatic carbocycles. The lowest BCUT2D eigenvalue weighted by molar-refractivity contribution is 0.0158. The van der Waals surface area contributed by atoms with Crippen molar-refractivity contribution in [1.29, 1.82) is 0 Å². The van der Waals surface area contributed by atoms with Gasteiger partial charge in [-0.15, -0.1) is 11.3 Å². The van der Waals surface area contributed by atoms with Gasteiger partial charge in [0.2, 0.25) is 0 Å². The number of thiophene rings is 1. The van der Waals surface area contributed by atoms with Gasteiger partial charge >= 0.3 is 0 Å². The number of aliphatic hydroxyl groups is 1. The van der Waals surface area contributed by atoms with E-state index in [0.717, 1.165) is 67.3 Å². The van der Waals surface area contributed by atoms with Crippen LogP contribution in [0.5, 0.6) is 0 Å². The van der Waals surface area contributed by atoms with Crippen LogP contribution in [-0.4, -0.2) is 71.9 Å². The van der Waals surface area contributed by atoms with E-state index in [1.807, 2.05) is 11.4 Å². The maximum Gasteiger partial charge on any atom is 0.259 e. The van der Waals surface area contributed by atoms with Crippen molar-refractivity contribution in [3.63, 3.8) is 0 Å². The first-order valence-corrected chi connectivity index (χ1v) is 15.2. The van der Waals surface area contributed by atoms with E-state index in [1.165, 1.54) is 11.3 Å². The van der Waals surface area contributed by atoms with Gasteiger partial charge in [0.25, 0.3) is 5.91 Å². The van der Waals surface area contributed by atoms with Gasteiger partial charge in [-0.05, 0) is 45.0 Å². The monoisotopic (exact) mass is 597 g/mol. The summed E-state index contributed by atoms with van der Waals surface area (Å²) in [5, 5.41) is 15.4. The highest BCUT2D eigenvalue weighted by Crippen LogP contribution is 2.37. The van der Waals surface area contributed by atoms with E-state index < -0.39 is 0 Å². The second kappa shape index (κ2) is 14.0. The minimum absolute atomic E-state index is 0.0269. The summed E-state index contributed by atoms with van der Waals surface area (Å²) in [6.07, 6.45) is 5.60. The number of halogens is 2. The van der Waals surface area contributed by atoms with Crippen LogP contribution in [0.2, 0.25) is 10.0 Å². The van der Waals surface area contributed by atoms with Crippen LogP contribution in [-0.2, 0) is 11.3 Å². The normalized spacial score (nSPS) is 14.4. The van der Waals surface area contributed by atoms with Crippen LogP contribution < -0.4 is 10.2 Å². The van der Waals surface area contributed by atoms with E-state index in [9.17, 15) is 4.79 Å². The number of nitrogens with one attached hydrogen (secondary N) is 1. The summed E-state index contributed by atoms with van der Waals surface area (Å²) < 4.78 is 5.64. The van der Waals surface area contributed by atoms with Gasteiger partial charge in [-0.2, -0.15) is 0 Å². The number of anilines is 2. The molecule has 12 heteroatoms. The first-order valence-electron chi connectivity index (χ1n) is 12.7. The second-order valence-corrected chi connectivity index (χ2v) is 12.1. The van der Waals surface area contributed by atoms with E-state index in [1.54, 1.807) is 23.6 Å². The first-order chi connectivity index (χ1) is 18.4. The van der Waals surface area contributed by atoms with Crippen molar-refractivity contribution in [3.8, 4) is 10.6 Å². The quantitative estimate of drug-likeness (QED) is 0.263. The van der Waals surface area contributed by atoms with E-state index in [2.05, 4.69) is 34.1 Å². The summed E-state index contributed by atoms with van der Waals surface area (Å²) in [6.45, 7) is 5.79. The molecule has 0 aliphatic carbocycles. The minimum Gasteiger partial charge on any atom is -0.394 e. The van der Waals surface area contributed by atoms with Crippen molar-refractivity contribution in [3.05, 3.63) is 44.2 Å². The Hall–Kier alpha value is -1.79. The summed E-state index contributed by atoms with van der Waals surface area (Å²) in [6, 6.07) is 3.56. The highest BCUT2D eigenvalue weighted by Gasteiger charge is 2.23. The van der Waals surface area contributed by atoms with Crippen LogP contribution in [0.4, 0.5) is 10.9 Å². The molecule has 1 fully saturated rings. The number of carbonyl (C=O) groups excluding carboxylic acids is 1. The molecule has 206 valence electrons. The van der Waals surface area contributed by atoms with Gasteiger partial charge in [-0.1, -0.05) is 47.9 Å². The molecule has 0 spiro atoms. The van der Waals surface area contributed by atoms with E-state index in [-0.39, 0.29) is 18.6 Å². The predicted octanol–water partition coefficient (Wildman–Crippen LogP) is 6.04. The average Bonchev–Trinajstić information content (AvgIpc) is 3.51. The first kappa shape index (κ1) is 29.2. The Bertz CT molecular complexity index is 1210. The zero-order valence-corrected chi connectivity index (χ0v) is 24.7. The van der Waals surface area contributed by atoms with E-state index >= 15 is 0 Å². The summed E-state index contributed by atoms with van der Waals surface area (Å²) in [4.78, 5) is 28.8. The fourth-order valence-corrected chi connectivity index (χ4v) is 6.80. The molecule has 0 radical (unpaired) electrons. The molecular formula is C26H33Cl2N5O3S2. The molecule has 4 heterocycles. The number of carbonyl (C=O) groups is 1. The number of aliphatic hydroxyl groups excluding tert-OH is 1. The van der Waals surface area contributed by atoms with Crippen LogP contribution in [0.15, 0.2) is 23.7 Å². The lowest BCUT2D eigenvalue weighted by Gasteiger charge is -2.33. The van der Waals surface area contributed by atoms with Crippen molar-refractivity contribution < 1.29 is 14.6 Å². The summed E-state index contributed by atoms with van der Waals surface area (Å²) in [5.41, 5.74) is 1.22. The molecule has 38 heavy (non-hydrogen) atoms. The highest BCUT2D eigenvalue weighted by molar-refractivity contribution is 7.17. The van der Waals surface area contributed by atoms with Crippen LogP contribution in [0.1, 0.15) is 47.8 Å². The predicted molar refractivity (Wildman–Crippen MR) is 157 cm³/mol. The largest absolute Gasteiger partial charge is 0.394 e. The third kappa shape index (κ3) is 7.65. The number of pyridine rings is 1. The van der Waals surface area contributed by atoms with Gasteiger partial charge in [-0.3, -0.25) is 10.1 Å². The molecule has 0 saturated carbocycles. The zero-order valence-electron chi connectivity index (χ0n) is 21.6. The Labute approximate surface area is 241 Å². The number of piperidine rings is 1. The molecule has 1 aliphatic heterocycles. The number of ether oxygens (including phenoxy) is 1. The Morgan fingerprint density at radius 3 is 2.76 bits per heavy atom. The number of unbranched alkanes of at least 4 members (excludes halogenated alkanes) is 1. The smallest absolute Gasteiger partial charge is 0.259 e. The molecular weight excluding hydrogens is 565 g/mol. The van der Waals surface area contributed by atoms with Crippen molar-refractivity contribution in [2.24, 2.45) is 0 Å². The van der Waals surface area contributed by atoms with Gasteiger partial charge in [-0.25, -0.2) is 9.97 Å². The SMILES string of the molecule is CCCCN(C)Cc1sc(NC(=O)c2cnc(N3CCC(OCCO)CC3)c(Cl)c2)nc1-c1cc(Cl)cs1. The number of nitrogens with zero attached hydrogens (tertiary/aromatic N) is 4. The number of hydrogen-bond donors (Lipinski definition) is 2. The number of aromatic nitrogens is 2. The van der Waals surface area contributed by atoms with Crippen molar-refractivity contribution >= 4 is 62.7 Å². The molecule has 1 aliphatic rings. The lowest BCUT2D eigenvalue weighted by Crippen LogP contribution is -2.38. The van der Waals surface area contributed by atoms with Crippen molar-refractivity contribution in [1.82, 2.24) is 14.9 Å². The zero-order chi connectivity index (χ0) is 27.1. The fourth-order valence-electron chi connectivity index (χ4n) is 4.30. The number of thiazole rings is 1. The Balaban J connectivity index is 1.45. The average molecular weight is 599 g/mol. The molecule has 2 N–H and O–H groups in total. The third-order valence-electron chi connectivity index (χ3n) is 6.30. The number of amides is 1. The van der Waals surface area contributed by atoms with Gasteiger partial charge in [0.15, 0.2) is 5.13 Å². The molecule has 1 amide bonds. The Kier molecular flexibility index (Phi) is 10.8. The lowest BCUT2D eigenvalue weighted by atomic mass is 10.1. The Morgan fingerprint density at radius 2 is 2.11 bits per heavy atom. The minimum atomic E-state index is -0.308. The fraction of sp³-hybridized carbons (Fsp3) is 0.500. The molecule has 0 atom stereocenters. The van der Waals surface area contributed by atoms with Crippen LogP contribution >= 0.6 is 45.9 Å². The second-order valence-electron chi connectivity index (χ2n) is 9.28. The van der Waals surface area contributed by atoms with Crippen LogP contribution in [0.25, 0.3) is 10.6 Å². The molecule has 3 aromatic rings. The molecule has 3 aromatic heterocycles. The van der Waals surface area contributed by atoms with E-state index in [0.29, 0.717) is 33.2 Å². The standard InChI is InChI=1S/C26H33Cl2N5O3S2/c1-3-4-7-32(2)15-22-23(21-13-18(27)16-37-21)30-26(38-22)31-25(35)17-12-20(28)24(29-14-17)33-8-5-19(6-9-33)36-11-10-34/h12-14,16,19,34H,3-11,15H2,1-2H3,(H,30,31,35). The van der Waals surface area contributed by atoms with Gasteiger partial charge in [0.1, 0.15) is 5.82 Å². The molecule has 0 bridgehead atoms. The topological polar surface area (TPSA) is 90.8 Å². The summed E-state index contributed by atoms with van der Waals surface area (Å²) >= 11 is 15.8. The third-order valence-corrected chi connectivity index (χ3v) is 8.81. The van der Waals surface area contributed by atoms with Crippen molar-refractivity contribution in [2.45, 2.75) is 45.3 Å². The van der Waals surface area contributed by atoms with Gasteiger partial charge in [0.05, 0.1) is 45.5 Å². The van der Waals surface area contributed by atoms with E-state index in [4.69, 9.17) is 38.0 Å². The number of hydrogen-bond acceptors (Lipinski definition) is 9.